The van der Waals surface area contributed by atoms with Crippen LogP contribution >= 0.6 is 0 Å². The van der Waals surface area contributed by atoms with Gasteiger partial charge >= 0.3 is 5.97 Å². The zero-order chi connectivity index (χ0) is 23.5. The van der Waals surface area contributed by atoms with Gasteiger partial charge in [-0.1, -0.05) is 61.5 Å². The third kappa shape index (κ3) is 4.31. The molecule has 3 heterocycles. The maximum Gasteiger partial charge on any atom is 0.318 e. The topological polar surface area (TPSA) is 83.5 Å². The monoisotopic (exact) mass is 457 g/mol. The van der Waals surface area contributed by atoms with Crippen LogP contribution in [0.2, 0.25) is 0 Å². The highest BCUT2D eigenvalue weighted by atomic mass is 16.5. The number of benzene rings is 2. The molecule has 0 amide bonds. The largest absolute Gasteiger partial charge is 0.480 e. The van der Waals surface area contributed by atoms with E-state index in [4.69, 9.17) is 4.74 Å². The van der Waals surface area contributed by atoms with Gasteiger partial charge in [0.05, 0.1) is 24.6 Å². The van der Waals surface area contributed by atoms with Gasteiger partial charge in [-0.3, -0.25) is 9.78 Å². The predicted octanol–water partition coefficient (Wildman–Crippen LogP) is 4.15. The number of carbonyl (C=O) groups is 1. The lowest BCUT2D eigenvalue weighted by Crippen LogP contribution is -2.53. The van der Waals surface area contributed by atoms with E-state index in [-0.39, 0.29) is 25.2 Å². The average molecular weight is 458 g/mol. The first-order valence-electron chi connectivity index (χ1n) is 11.9. The second-order valence-electron chi connectivity index (χ2n) is 9.55. The molecule has 0 radical (unpaired) electrons. The Bertz CT molecular complexity index is 1150. The lowest BCUT2D eigenvalue weighted by atomic mass is 9.77. The van der Waals surface area contributed by atoms with E-state index >= 15 is 0 Å². The molecule has 0 aliphatic carbocycles. The molecule has 1 fully saturated rings. The Morgan fingerprint density at radius 2 is 1.94 bits per heavy atom. The van der Waals surface area contributed by atoms with Gasteiger partial charge in [0, 0.05) is 31.2 Å². The van der Waals surface area contributed by atoms with E-state index in [1.807, 2.05) is 36.5 Å². The van der Waals surface area contributed by atoms with Gasteiger partial charge in [0.1, 0.15) is 5.41 Å². The standard InChI is InChI=1S/C28H31N3O3/c1-19(21-9-5-10-23(13-21)28(27(32)33)17-34-18-28)15-31-26(20-7-3-2-4-8-20)22-14-25-24(30-16-22)11-6-12-29-25/h2-13,19,22,26,30-31H,14-18H2,1H3,(H,32,33)/t19-,22+,26+/m0/s1. The Morgan fingerprint density at radius 3 is 2.68 bits per heavy atom. The summed E-state index contributed by atoms with van der Waals surface area (Å²) in [6.45, 7) is 4.33. The number of nitrogens with zero attached hydrogens (tertiary/aromatic N) is 1. The van der Waals surface area contributed by atoms with Crippen LogP contribution in [0.15, 0.2) is 72.9 Å². The summed E-state index contributed by atoms with van der Waals surface area (Å²) >= 11 is 0. The lowest BCUT2D eigenvalue weighted by Gasteiger charge is -2.38. The molecule has 6 heteroatoms. The first-order valence-corrected chi connectivity index (χ1v) is 11.9. The van der Waals surface area contributed by atoms with Gasteiger partial charge in [-0.25, -0.2) is 0 Å². The number of carboxylic acids is 1. The van der Waals surface area contributed by atoms with Gasteiger partial charge in [0.2, 0.25) is 0 Å². The van der Waals surface area contributed by atoms with Crippen molar-refractivity contribution in [2.45, 2.75) is 30.7 Å². The van der Waals surface area contributed by atoms with Crippen LogP contribution in [0.1, 0.15) is 41.3 Å². The van der Waals surface area contributed by atoms with E-state index in [9.17, 15) is 9.90 Å². The van der Waals surface area contributed by atoms with Crippen molar-refractivity contribution in [3.8, 4) is 0 Å². The lowest BCUT2D eigenvalue weighted by molar-refractivity contribution is -0.163. The van der Waals surface area contributed by atoms with Crippen molar-refractivity contribution in [3.05, 3.63) is 95.3 Å². The molecule has 2 aromatic carbocycles. The van der Waals surface area contributed by atoms with Crippen LogP contribution in [0, 0.1) is 5.92 Å². The number of nitrogens with one attached hydrogen (secondary N) is 2. The molecule has 0 unspecified atom stereocenters. The number of ether oxygens (including phenoxy) is 1. The highest BCUT2D eigenvalue weighted by Gasteiger charge is 2.48. The van der Waals surface area contributed by atoms with Gasteiger partial charge in [-0.15, -0.1) is 0 Å². The van der Waals surface area contributed by atoms with Crippen molar-refractivity contribution in [1.82, 2.24) is 10.3 Å². The number of fused-ring (bicyclic) bond motifs is 1. The van der Waals surface area contributed by atoms with Gasteiger partial charge in [0.15, 0.2) is 0 Å². The van der Waals surface area contributed by atoms with Gasteiger partial charge in [-0.2, -0.15) is 0 Å². The maximum absolute atomic E-state index is 11.9. The number of pyridine rings is 1. The number of aromatic nitrogens is 1. The van der Waals surface area contributed by atoms with Crippen molar-refractivity contribution in [3.63, 3.8) is 0 Å². The van der Waals surface area contributed by atoms with Gasteiger partial charge < -0.3 is 20.5 Å². The molecule has 0 saturated carbocycles. The molecule has 176 valence electrons. The summed E-state index contributed by atoms with van der Waals surface area (Å²) in [5.41, 5.74) is 4.56. The molecular formula is C28H31N3O3. The third-order valence-corrected chi connectivity index (χ3v) is 7.29. The van der Waals surface area contributed by atoms with Crippen LogP contribution in [-0.4, -0.2) is 42.4 Å². The van der Waals surface area contributed by atoms with Crippen molar-refractivity contribution in [2.75, 3.05) is 31.6 Å². The second kappa shape index (κ2) is 9.57. The predicted molar refractivity (Wildman–Crippen MR) is 132 cm³/mol. The summed E-state index contributed by atoms with van der Waals surface area (Å²) in [6.07, 6.45) is 2.78. The van der Waals surface area contributed by atoms with Crippen molar-refractivity contribution < 1.29 is 14.6 Å². The summed E-state index contributed by atoms with van der Waals surface area (Å²) in [5.74, 6) is -0.227. The molecule has 0 spiro atoms. The highest BCUT2D eigenvalue weighted by molar-refractivity contribution is 5.83. The van der Waals surface area contributed by atoms with Crippen molar-refractivity contribution >= 4 is 11.7 Å². The van der Waals surface area contributed by atoms with Crippen LogP contribution in [0.5, 0.6) is 0 Å². The van der Waals surface area contributed by atoms with Crippen LogP contribution in [-0.2, 0) is 21.4 Å². The SMILES string of the molecule is C[C@@H](CN[C@H](c1ccccc1)[C@H]1CNc2cccnc2C1)c1cccc(C2(C(=O)O)COC2)c1. The van der Waals surface area contributed by atoms with E-state index in [0.29, 0.717) is 5.92 Å². The minimum atomic E-state index is -0.913. The maximum atomic E-state index is 11.9. The summed E-state index contributed by atoms with van der Waals surface area (Å²) < 4.78 is 5.27. The summed E-state index contributed by atoms with van der Waals surface area (Å²) in [6, 6.07) is 22.8. The van der Waals surface area contributed by atoms with E-state index in [0.717, 1.165) is 42.0 Å². The number of aliphatic carboxylic acids is 1. The molecular weight excluding hydrogens is 426 g/mol. The Morgan fingerprint density at radius 1 is 1.15 bits per heavy atom. The molecule has 3 aromatic rings. The molecule has 5 rings (SSSR count). The fraction of sp³-hybridized carbons (Fsp3) is 0.357. The van der Waals surface area contributed by atoms with Crippen LogP contribution in [0.3, 0.4) is 0 Å². The molecule has 1 aromatic heterocycles. The number of hydrogen-bond donors (Lipinski definition) is 3. The Labute approximate surface area is 200 Å². The normalized spacial score (nSPS) is 20.3. The number of anilines is 1. The molecule has 6 nitrogen and oxygen atoms in total. The Hall–Kier alpha value is -3.22. The van der Waals surface area contributed by atoms with E-state index < -0.39 is 11.4 Å². The van der Waals surface area contributed by atoms with E-state index in [1.54, 1.807) is 0 Å². The van der Waals surface area contributed by atoms with Crippen LogP contribution in [0.4, 0.5) is 5.69 Å². The molecule has 1 saturated heterocycles. The first-order chi connectivity index (χ1) is 16.6. The second-order valence-corrected chi connectivity index (χ2v) is 9.55. The average Bonchev–Trinajstić information content (AvgIpc) is 2.84. The minimum absolute atomic E-state index is 0.180. The summed E-state index contributed by atoms with van der Waals surface area (Å²) in [5, 5.41) is 17.2. The zero-order valence-electron chi connectivity index (χ0n) is 19.4. The zero-order valence-corrected chi connectivity index (χ0v) is 19.4. The highest BCUT2D eigenvalue weighted by Crippen LogP contribution is 2.35. The van der Waals surface area contributed by atoms with Crippen LogP contribution < -0.4 is 10.6 Å². The van der Waals surface area contributed by atoms with Crippen molar-refractivity contribution in [1.29, 1.82) is 0 Å². The Balaban J connectivity index is 1.33. The quantitative estimate of drug-likeness (QED) is 0.471. The fourth-order valence-electron chi connectivity index (χ4n) is 5.06. The first kappa shape index (κ1) is 22.6. The number of rotatable bonds is 8. The Kier molecular flexibility index (Phi) is 6.35. The fourth-order valence-corrected chi connectivity index (χ4v) is 5.06. The minimum Gasteiger partial charge on any atom is -0.480 e. The van der Waals surface area contributed by atoms with Crippen LogP contribution in [0.25, 0.3) is 0 Å². The van der Waals surface area contributed by atoms with E-state index in [1.165, 1.54) is 5.56 Å². The smallest absolute Gasteiger partial charge is 0.318 e. The summed E-state index contributed by atoms with van der Waals surface area (Å²) in [4.78, 5) is 16.5. The molecule has 0 bridgehead atoms. The number of carboxylic acid groups (broad SMARTS) is 1. The van der Waals surface area contributed by atoms with Gasteiger partial charge in [0.25, 0.3) is 0 Å². The number of hydrogen-bond acceptors (Lipinski definition) is 5. The van der Waals surface area contributed by atoms with Crippen molar-refractivity contribution in [2.24, 2.45) is 5.92 Å². The molecule has 2 aliphatic heterocycles. The molecule has 3 atom stereocenters. The van der Waals surface area contributed by atoms with Gasteiger partial charge in [-0.05, 0) is 41.2 Å². The van der Waals surface area contributed by atoms with E-state index in [2.05, 4.69) is 58.9 Å². The molecule has 34 heavy (non-hydrogen) atoms. The molecule has 3 N–H and O–H groups in total. The third-order valence-electron chi connectivity index (χ3n) is 7.29. The molecule has 2 aliphatic rings. The summed E-state index contributed by atoms with van der Waals surface area (Å²) in [7, 11) is 0.